The van der Waals surface area contributed by atoms with Gasteiger partial charge in [0.25, 0.3) is 0 Å². The van der Waals surface area contributed by atoms with Crippen LogP contribution in [0.2, 0.25) is 0 Å². The molecule has 0 amide bonds. The number of hydrogen-bond acceptors (Lipinski definition) is 3. The number of nitrogens with one attached hydrogen (secondary N) is 1. The highest BCUT2D eigenvalue weighted by Gasteiger charge is 2.05. The van der Waals surface area contributed by atoms with Crippen molar-refractivity contribution < 1.29 is 19.8 Å². The van der Waals surface area contributed by atoms with Crippen molar-refractivity contribution in [3.63, 3.8) is 0 Å². The summed E-state index contributed by atoms with van der Waals surface area (Å²) in [7, 11) is 0. The van der Waals surface area contributed by atoms with E-state index in [9.17, 15) is 9.59 Å². The van der Waals surface area contributed by atoms with E-state index in [1.54, 1.807) is 0 Å². The van der Waals surface area contributed by atoms with Crippen LogP contribution in [0.4, 0.5) is 0 Å². The van der Waals surface area contributed by atoms with E-state index < -0.39 is 11.9 Å². The summed E-state index contributed by atoms with van der Waals surface area (Å²) < 4.78 is 0. The van der Waals surface area contributed by atoms with Gasteiger partial charge in [0, 0.05) is 19.0 Å². The molecule has 0 fully saturated rings. The van der Waals surface area contributed by atoms with Crippen molar-refractivity contribution in [2.45, 2.75) is 32.2 Å². The molecule has 0 saturated carbocycles. The third kappa shape index (κ3) is 8.81. The SMILES string of the molecule is CC(CCC(=O)O)NCCC(=O)O. The van der Waals surface area contributed by atoms with Gasteiger partial charge in [-0.2, -0.15) is 0 Å². The molecule has 0 aromatic rings. The summed E-state index contributed by atoms with van der Waals surface area (Å²) in [4.78, 5) is 20.3. The van der Waals surface area contributed by atoms with Crippen LogP contribution in [0.5, 0.6) is 0 Å². The summed E-state index contributed by atoms with van der Waals surface area (Å²) in [6.07, 6.45) is 0.702. The summed E-state index contributed by atoms with van der Waals surface area (Å²) >= 11 is 0. The van der Waals surface area contributed by atoms with Crippen molar-refractivity contribution in [3.8, 4) is 0 Å². The smallest absolute Gasteiger partial charge is 0.304 e. The molecule has 0 saturated heterocycles. The van der Waals surface area contributed by atoms with Gasteiger partial charge in [-0.1, -0.05) is 0 Å². The van der Waals surface area contributed by atoms with E-state index >= 15 is 0 Å². The zero-order chi connectivity index (χ0) is 10.3. The molecule has 0 bridgehead atoms. The summed E-state index contributed by atoms with van der Waals surface area (Å²) in [6, 6.07) is 0.0513. The molecule has 1 unspecified atom stereocenters. The number of carbonyl (C=O) groups is 2. The second-order valence-electron chi connectivity index (χ2n) is 2.93. The Morgan fingerprint density at radius 1 is 1.23 bits per heavy atom. The Bertz CT molecular complexity index is 181. The zero-order valence-corrected chi connectivity index (χ0v) is 7.62. The Balaban J connectivity index is 3.35. The van der Waals surface area contributed by atoms with Crippen LogP contribution in [-0.4, -0.2) is 34.7 Å². The number of aliphatic carboxylic acids is 2. The van der Waals surface area contributed by atoms with Gasteiger partial charge >= 0.3 is 11.9 Å². The Labute approximate surface area is 76.8 Å². The molecule has 1 atom stereocenters. The third-order valence-corrected chi connectivity index (χ3v) is 1.62. The van der Waals surface area contributed by atoms with Gasteiger partial charge < -0.3 is 15.5 Å². The van der Waals surface area contributed by atoms with Crippen molar-refractivity contribution in [1.29, 1.82) is 0 Å². The Morgan fingerprint density at radius 3 is 2.23 bits per heavy atom. The Morgan fingerprint density at radius 2 is 1.77 bits per heavy atom. The lowest BCUT2D eigenvalue weighted by Gasteiger charge is -2.10. The minimum atomic E-state index is -0.849. The molecule has 0 radical (unpaired) electrons. The molecule has 0 aromatic carbocycles. The van der Waals surface area contributed by atoms with Crippen molar-refractivity contribution in [3.05, 3.63) is 0 Å². The molecule has 13 heavy (non-hydrogen) atoms. The summed E-state index contributed by atoms with van der Waals surface area (Å²) in [5.41, 5.74) is 0. The quantitative estimate of drug-likeness (QED) is 0.536. The fourth-order valence-electron chi connectivity index (χ4n) is 0.868. The van der Waals surface area contributed by atoms with E-state index in [4.69, 9.17) is 10.2 Å². The maximum absolute atomic E-state index is 10.2. The van der Waals surface area contributed by atoms with E-state index in [0.717, 1.165) is 0 Å². The lowest BCUT2D eigenvalue weighted by molar-refractivity contribution is -0.138. The van der Waals surface area contributed by atoms with Crippen LogP contribution in [0.25, 0.3) is 0 Å². The molecule has 5 heteroatoms. The molecular weight excluding hydrogens is 174 g/mol. The monoisotopic (exact) mass is 189 g/mol. The number of rotatable bonds is 7. The fourth-order valence-corrected chi connectivity index (χ4v) is 0.868. The first kappa shape index (κ1) is 11.9. The first-order chi connectivity index (χ1) is 6.02. The van der Waals surface area contributed by atoms with Crippen LogP contribution >= 0.6 is 0 Å². The highest BCUT2D eigenvalue weighted by molar-refractivity contribution is 5.67. The van der Waals surface area contributed by atoms with Gasteiger partial charge in [-0.15, -0.1) is 0 Å². The normalized spacial score (nSPS) is 12.4. The summed E-state index contributed by atoms with van der Waals surface area (Å²) in [6.45, 7) is 2.22. The second kappa shape index (κ2) is 6.42. The number of carboxylic acids is 2. The first-order valence-electron chi connectivity index (χ1n) is 4.19. The molecular formula is C8H15NO4. The number of carboxylic acid groups (broad SMARTS) is 2. The lowest BCUT2D eigenvalue weighted by Crippen LogP contribution is -2.28. The van der Waals surface area contributed by atoms with E-state index in [-0.39, 0.29) is 18.9 Å². The van der Waals surface area contributed by atoms with Crippen molar-refractivity contribution in [1.82, 2.24) is 5.32 Å². The molecule has 0 rings (SSSR count). The average Bonchev–Trinajstić information content (AvgIpc) is 2.00. The Hall–Kier alpha value is -1.10. The molecule has 0 aliphatic carbocycles. The summed E-state index contributed by atoms with van der Waals surface area (Å²) in [5, 5.41) is 19.6. The van der Waals surface area contributed by atoms with Crippen LogP contribution in [0.1, 0.15) is 26.2 Å². The Kier molecular flexibility index (Phi) is 5.88. The predicted octanol–water partition coefficient (Wildman–Crippen LogP) is 0.304. The largest absolute Gasteiger partial charge is 0.481 e. The summed E-state index contributed by atoms with van der Waals surface area (Å²) in [5.74, 6) is -1.68. The van der Waals surface area contributed by atoms with Gasteiger partial charge in [0.05, 0.1) is 6.42 Å². The van der Waals surface area contributed by atoms with Gasteiger partial charge in [-0.05, 0) is 13.3 Å². The van der Waals surface area contributed by atoms with Crippen LogP contribution in [-0.2, 0) is 9.59 Å². The van der Waals surface area contributed by atoms with Gasteiger partial charge in [-0.3, -0.25) is 9.59 Å². The molecule has 0 aliphatic rings. The van der Waals surface area contributed by atoms with Gasteiger partial charge in [-0.25, -0.2) is 0 Å². The minimum absolute atomic E-state index is 0.0513. The molecule has 0 heterocycles. The number of hydrogen-bond donors (Lipinski definition) is 3. The molecule has 76 valence electrons. The maximum Gasteiger partial charge on any atom is 0.304 e. The molecule has 3 N–H and O–H groups in total. The van der Waals surface area contributed by atoms with Crippen molar-refractivity contribution in [2.75, 3.05) is 6.54 Å². The van der Waals surface area contributed by atoms with Gasteiger partial charge in [0.1, 0.15) is 0 Å². The highest BCUT2D eigenvalue weighted by Crippen LogP contribution is 1.95. The van der Waals surface area contributed by atoms with Crippen LogP contribution < -0.4 is 5.32 Å². The van der Waals surface area contributed by atoms with Gasteiger partial charge in [0.15, 0.2) is 0 Å². The lowest BCUT2D eigenvalue weighted by atomic mass is 10.2. The van der Waals surface area contributed by atoms with Crippen LogP contribution in [0.3, 0.4) is 0 Å². The third-order valence-electron chi connectivity index (χ3n) is 1.62. The average molecular weight is 189 g/mol. The fraction of sp³-hybridized carbons (Fsp3) is 0.750. The molecule has 0 spiro atoms. The van der Waals surface area contributed by atoms with E-state index in [1.807, 2.05) is 6.92 Å². The maximum atomic E-state index is 10.2. The standard InChI is InChI=1S/C8H15NO4/c1-6(2-3-7(10)11)9-5-4-8(12)13/h6,9H,2-5H2,1H3,(H,10,11)(H,12,13). The van der Waals surface area contributed by atoms with Crippen molar-refractivity contribution >= 4 is 11.9 Å². The van der Waals surface area contributed by atoms with Gasteiger partial charge in [0.2, 0.25) is 0 Å². The predicted molar refractivity (Wildman–Crippen MR) is 46.6 cm³/mol. The topological polar surface area (TPSA) is 86.6 Å². The van der Waals surface area contributed by atoms with Crippen LogP contribution in [0.15, 0.2) is 0 Å². The molecule has 0 aliphatic heterocycles. The van der Waals surface area contributed by atoms with Crippen molar-refractivity contribution in [2.24, 2.45) is 0 Å². The molecule has 5 nitrogen and oxygen atoms in total. The second-order valence-corrected chi connectivity index (χ2v) is 2.93. The minimum Gasteiger partial charge on any atom is -0.481 e. The zero-order valence-electron chi connectivity index (χ0n) is 7.62. The molecule has 0 aromatic heterocycles. The van der Waals surface area contributed by atoms with E-state index in [0.29, 0.717) is 13.0 Å². The van der Waals surface area contributed by atoms with Crippen LogP contribution in [0, 0.1) is 0 Å². The first-order valence-corrected chi connectivity index (χ1v) is 4.19. The van der Waals surface area contributed by atoms with E-state index in [1.165, 1.54) is 0 Å². The van der Waals surface area contributed by atoms with E-state index in [2.05, 4.69) is 5.32 Å². The highest BCUT2D eigenvalue weighted by atomic mass is 16.4.